The van der Waals surface area contributed by atoms with Gasteiger partial charge in [0.1, 0.15) is 22.3 Å². The Kier molecular flexibility index (Phi) is 7.42. The Bertz CT molecular complexity index is 3180. The molecule has 0 fully saturated rings. The normalized spacial score (nSPS) is 11.6. The molecular weight excluding hydrogens is 687 g/mol. The molecule has 3 heterocycles. The van der Waals surface area contributed by atoms with Crippen molar-refractivity contribution >= 4 is 43.9 Å². The maximum Gasteiger partial charge on any atom is 0.164 e. The van der Waals surface area contributed by atoms with E-state index in [1.165, 1.54) is 0 Å². The molecule has 0 aliphatic heterocycles. The van der Waals surface area contributed by atoms with Crippen molar-refractivity contribution in [2.24, 2.45) is 0 Å². The third-order valence-electron chi connectivity index (χ3n) is 10.6. The summed E-state index contributed by atoms with van der Waals surface area (Å²) >= 11 is 0. The molecule has 0 saturated heterocycles. The summed E-state index contributed by atoms with van der Waals surface area (Å²) in [5.41, 5.74) is 12.3. The summed E-state index contributed by atoms with van der Waals surface area (Å²) in [7, 11) is 0. The Balaban J connectivity index is 1.21. The number of fused-ring (bicyclic) bond motifs is 6. The number of nitrogens with zero attached hydrogens (tertiary/aromatic N) is 3. The zero-order chi connectivity index (χ0) is 37.0. The molecule has 0 N–H and O–H groups in total. The summed E-state index contributed by atoms with van der Waals surface area (Å²) in [5.74, 6) is 1.78. The van der Waals surface area contributed by atoms with Gasteiger partial charge < -0.3 is 8.83 Å². The van der Waals surface area contributed by atoms with E-state index in [2.05, 4.69) is 103 Å². The number of rotatable bonds is 6. The Morgan fingerprint density at radius 3 is 1.57 bits per heavy atom. The van der Waals surface area contributed by atoms with Gasteiger partial charge in [-0.15, -0.1) is 0 Å². The molecule has 5 heteroatoms. The van der Waals surface area contributed by atoms with Gasteiger partial charge in [-0.25, -0.2) is 15.0 Å². The summed E-state index contributed by atoms with van der Waals surface area (Å²) in [5, 5.41) is 4.04. The fourth-order valence-electron chi connectivity index (χ4n) is 7.95. The molecule has 0 saturated carbocycles. The second kappa shape index (κ2) is 13.0. The third kappa shape index (κ3) is 5.29. The zero-order valence-corrected chi connectivity index (χ0v) is 30.1. The minimum atomic E-state index is 0.573. The average Bonchev–Trinajstić information content (AvgIpc) is 3.86. The van der Waals surface area contributed by atoms with Crippen LogP contribution in [-0.2, 0) is 0 Å². The minimum absolute atomic E-state index is 0.573. The van der Waals surface area contributed by atoms with E-state index < -0.39 is 0 Å². The molecule has 0 aliphatic rings. The maximum absolute atomic E-state index is 7.20. The second-order valence-corrected chi connectivity index (χ2v) is 13.9. The summed E-state index contributed by atoms with van der Waals surface area (Å²) in [4.78, 5) is 15.3. The van der Waals surface area contributed by atoms with Crippen LogP contribution in [0.3, 0.4) is 0 Å². The highest BCUT2D eigenvalue weighted by Gasteiger charge is 2.23. The molecule has 0 amide bonds. The summed E-state index contributed by atoms with van der Waals surface area (Å²) in [6, 6.07) is 64.4. The van der Waals surface area contributed by atoms with Crippen molar-refractivity contribution < 1.29 is 8.83 Å². The van der Waals surface area contributed by atoms with Crippen LogP contribution in [-0.4, -0.2) is 15.0 Å². The Morgan fingerprint density at radius 1 is 0.286 bits per heavy atom. The summed E-state index contributed by atoms with van der Waals surface area (Å²) in [6.45, 7) is 0. The Morgan fingerprint density at radius 2 is 0.821 bits per heavy atom. The maximum atomic E-state index is 7.20. The highest BCUT2D eigenvalue weighted by atomic mass is 16.3. The van der Waals surface area contributed by atoms with E-state index in [4.69, 9.17) is 23.8 Å². The topological polar surface area (TPSA) is 65.0 Å². The number of benzene rings is 8. The molecule has 0 atom stereocenters. The third-order valence-corrected chi connectivity index (χ3v) is 10.6. The monoisotopic (exact) mass is 717 g/mol. The first-order chi connectivity index (χ1) is 27.8. The molecule has 3 aromatic heterocycles. The number of aromatic nitrogens is 3. The highest BCUT2D eigenvalue weighted by Crippen LogP contribution is 2.46. The SMILES string of the molecule is c1ccc(-c2cccc(-c3ccc(-c4nc(-c5ccccc5)nc(-c5ccccc5)n4)c4c3oc3c(-c5cccc6oc7ccccc7c56)cccc34)c2)cc1. The van der Waals surface area contributed by atoms with Crippen LogP contribution in [0.5, 0.6) is 0 Å². The van der Waals surface area contributed by atoms with Crippen LogP contribution >= 0.6 is 0 Å². The van der Waals surface area contributed by atoms with Crippen molar-refractivity contribution in [3.63, 3.8) is 0 Å². The number of furan rings is 2. The van der Waals surface area contributed by atoms with E-state index in [0.717, 1.165) is 93.9 Å². The van der Waals surface area contributed by atoms with Crippen molar-refractivity contribution in [1.29, 1.82) is 0 Å². The lowest BCUT2D eigenvalue weighted by atomic mass is 9.94. The fourth-order valence-corrected chi connectivity index (χ4v) is 7.95. The van der Waals surface area contributed by atoms with Crippen molar-refractivity contribution in [3.8, 4) is 67.5 Å². The average molecular weight is 718 g/mol. The second-order valence-electron chi connectivity index (χ2n) is 13.9. The molecule has 0 aliphatic carbocycles. The molecule has 11 aromatic rings. The largest absolute Gasteiger partial charge is 0.456 e. The first kappa shape index (κ1) is 31.9. The predicted molar refractivity (Wildman–Crippen MR) is 227 cm³/mol. The molecule has 56 heavy (non-hydrogen) atoms. The molecule has 5 nitrogen and oxygen atoms in total. The van der Waals surface area contributed by atoms with Gasteiger partial charge in [0.25, 0.3) is 0 Å². The standard InChI is InChI=1S/C51H31N3O2/c1-4-15-32(16-5-1)35-21-12-22-36(31-35)37-29-30-42(51-53-49(33-17-6-2-7-18-33)52-50(54-51)34-19-8-3-9-20-34)46-41-26-13-25-39(47(41)56-48(37)46)38-24-14-28-44-45(38)40-23-10-11-27-43(40)55-44/h1-31H. The van der Waals surface area contributed by atoms with Crippen molar-refractivity contribution in [3.05, 3.63) is 188 Å². The van der Waals surface area contributed by atoms with Crippen molar-refractivity contribution in [2.45, 2.75) is 0 Å². The molecule has 11 rings (SSSR count). The van der Waals surface area contributed by atoms with Gasteiger partial charge in [0.05, 0.1) is 0 Å². The van der Waals surface area contributed by atoms with Gasteiger partial charge in [0.2, 0.25) is 0 Å². The van der Waals surface area contributed by atoms with E-state index in [-0.39, 0.29) is 0 Å². The van der Waals surface area contributed by atoms with E-state index in [0.29, 0.717) is 17.5 Å². The van der Waals surface area contributed by atoms with Crippen LogP contribution in [0.2, 0.25) is 0 Å². The van der Waals surface area contributed by atoms with Crippen LogP contribution < -0.4 is 0 Å². The van der Waals surface area contributed by atoms with E-state index in [1.807, 2.05) is 84.9 Å². The Hall–Kier alpha value is -7.63. The first-order valence-electron chi connectivity index (χ1n) is 18.7. The summed E-state index contributed by atoms with van der Waals surface area (Å²) in [6.07, 6.45) is 0. The minimum Gasteiger partial charge on any atom is -0.456 e. The van der Waals surface area contributed by atoms with Crippen LogP contribution in [0.25, 0.3) is 111 Å². The molecule has 0 spiro atoms. The molecule has 262 valence electrons. The van der Waals surface area contributed by atoms with Crippen LogP contribution in [0.15, 0.2) is 197 Å². The quantitative estimate of drug-likeness (QED) is 0.171. The van der Waals surface area contributed by atoms with Gasteiger partial charge in [-0.05, 0) is 52.6 Å². The molecule has 8 aromatic carbocycles. The van der Waals surface area contributed by atoms with E-state index >= 15 is 0 Å². The van der Waals surface area contributed by atoms with Gasteiger partial charge in [-0.2, -0.15) is 0 Å². The Labute approximate surface area is 322 Å². The molecule has 0 radical (unpaired) electrons. The van der Waals surface area contributed by atoms with Crippen molar-refractivity contribution in [1.82, 2.24) is 15.0 Å². The predicted octanol–water partition coefficient (Wildman–Crippen LogP) is 13.7. The van der Waals surface area contributed by atoms with Crippen molar-refractivity contribution in [2.75, 3.05) is 0 Å². The lowest BCUT2D eigenvalue weighted by Crippen LogP contribution is -2.00. The highest BCUT2D eigenvalue weighted by molar-refractivity contribution is 6.21. The van der Waals surface area contributed by atoms with Crippen LogP contribution in [0.4, 0.5) is 0 Å². The van der Waals surface area contributed by atoms with Gasteiger partial charge in [-0.3, -0.25) is 0 Å². The lowest BCUT2D eigenvalue weighted by Gasteiger charge is -2.11. The first-order valence-corrected chi connectivity index (χ1v) is 18.7. The molecular formula is C51H31N3O2. The fraction of sp³-hybridized carbons (Fsp3) is 0. The molecule has 0 bridgehead atoms. The zero-order valence-electron chi connectivity index (χ0n) is 30.1. The smallest absolute Gasteiger partial charge is 0.164 e. The van der Waals surface area contributed by atoms with Gasteiger partial charge in [0, 0.05) is 49.4 Å². The van der Waals surface area contributed by atoms with Gasteiger partial charge in [-0.1, -0.05) is 158 Å². The summed E-state index contributed by atoms with van der Waals surface area (Å²) < 4.78 is 13.5. The number of hydrogen-bond acceptors (Lipinski definition) is 5. The molecule has 0 unspecified atom stereocenters. The van der Waals surface area contributed by atoms with E-state index in [1.54, 1.807) is 0 Å². The van der Waals surface area contributed by atoms with Crippen LogP contribution in [0.1, 0.15) is 0 Å². The number of para-hydroxylation sites is 2. The van der Waals surface area contributed by atoms with Crippen LogP contribution in [0, 0.1) is 0 Å². The van der Waals surface area contributed by atoms with E-state index in [9.17, 15) is 0 Å². The van der Waals surface area contributed by atoms with Gasteiger partial charge >= 0.3 is 0 Å². The van der Waals surface area contributed by atoms with Gasteiger partial charge in [0.15, 0.2) is 17.5 Å². The number of hydrogen-bond donors (Lipinski definition) is 0. The lowest BCUT2D eigenvalue weighted by molar-refractivity contribution is 0.669.